The SMILES string of the molecule is CCC(Sc1cccc(OC)c1)(C(=O)O)C(=O)O. The number of aliphatic carboxylic acids is 2. The Morgan fingerprint density at radius 1 is 1.33 bits per heavy atom. The van der Waals surface area contributed by atoms with Crippen molar-refractivity contribution in [3.63, 3.8) is 0 Å². The molecule has 0 fully saturated rings. The van der Waals surface area contributed by atoms with E-state index in [4.69, 9.17) is 14.9 Å². The van der Waals surface area contributed by atoms with Gasteiger partial charge in [0.05, 0.1) is 7.11 Å². The molecule has 0 aromatic heterocycles. The summed E-state index contributed by atoms with van der Waals surface area (Å²) in [5, 5.41) is 18.3. The summed E-state index contributed by atoms with van der Waals surface area (Å²) in [5.41, 5.74) is 0. The van der Waals surface area contributed by atoms with Crippen LogP contribution in [0, 0.1) is 0 Å². The van der Waals surface area contributed by atoms with Crippen LogP contribution in [0.5, 0.6) is 5.75 Å². The first kappa shape index (κ1) is 14.4. The standard InChI is InChI=1S/C12H14O5S/c1-3-12(10(13)14,11(15)16)18-9-6-4-5-8(7-9)17-2/h4-7H,3H2,1-2H3,(H,13,14)(H,15,16). The van der Waals surface area contributed by atoms with Crippen molar-refractivity contribution in [2.45, 2.75) is 23.0 Å². The zero-order chi connectivity index (χ0) is 13.8. The van der Waals surface area contributed by atoms with E-state index in [0.29, 0.717) is 10.6 Å². The van der Waals surface area contributed by atoms with Crippen LogP contribution in [0.2, 0.25) is 0 Å². The molecule has 1 rings (SSSR count). The Morgan fingerprint density at radius 3 is 2.39 bits per heavy atom. The molecule has 0 atom stereocenters. The maximum absolute atomic E-state index is 11.2. The van der Waals surface area contributed by atoms with Crippen LogP contribution < -0.4 is 4.74 Å². The molecule has 5 nitrogen and oxygen atoms in total. The first-order chi connectivity index (χ1) is 8.46. The Kier molecular flexibility index (Phi) is 4.61. The highest BCUT2D eigenvalue weighted by Gasteiger charge is 2.46. The predicted molar refractivity (Wildman–Crippen MR) is 67.1 cm³/mol. The normalized spacial score (nSPS) is 11.0. The second kappa shape index (κ2) is 5.77. The third kappa shape index (κ3) is 2.76. The largest absolute Gasteiger partial charge is 0.497 e. The third-order valence-corrected chi connectivity index (χ3v) is 4.00. The first-order valence-corrected chi connectivity index (χ1v) is 6.07. The van der Waals surface area contributed by atoms with E-state index in [-0.39, 0.29) is 6.42 Å². The topological polar surface area (TPSA) is 83.8 Å². The quantitative estimate of drug-likeness (QED) is 0.608. The van der Waals surface area contributed by atoms with Gasteiger partial charge in [-0.25, -0.2) is 0 Å². The number of carbonyl (C=O) groups is 2. The van der Waals surface area contributed by atoms with Gasteiger partial charge >= 0.3 is 11.9 Å². The highest BCUT2D eigenvalue weighted by Crippen LogP contribution is 2.37. The van der Waals surface area contributed by atoms with E-state index < -0.39 is 16.7 Å². The van der Waals surface area contributed by atoms with Crippen LogP contribution in [0.25, 0.3) is 0 Å². The summed E-state index contributed by atoms with van der Waals surface area (Å²) in [4.78, 5) is 23.0. The summed E-state index contributed by atoms with van der Waals surface area (Å²) in [7, 11) is 1.49. The van der Waals surface area contributed by atoms with Gasteiger partial charge in [-0.1, -0.05) is 24.8 Å². The molecule has 98 valence electrons. The van der Waals surface area contributed by atoms with Gasteiger partial charge in [-0.05, 0) is 24.6 Å². The molecular formula is C12H14O5S. The molecule has 0 aliphatic heterocycles. The number of benzene rings is 1. The third-order valence-electron chi connectivity index (χ3n) is 2.52. The van der Waals surface area contributed by atoms with Crippen molar-refractivity contribution in [1.29, 1.82) is 0 Å². The molecule has 0 heterocycles. The number of methoxy groups -OCH3 is 1. The average Bonchev–Trinajstić information content (AvgIpc) is 2.35. The smallest absolute Gasteiger partial charge is 0.331 e. The maximum Gasteiger partial charge on any atom is 0.331 e. The average molecular weight is 270 g/mol. The number of ether oxygens (including phenoxy) is 1. The van der Waals surface area contributed by atoms with E-state index in [2.05, 4.69) is 0 Å². The fraction of sp³-hybridized carbons (Fsp3) is 0.333. The summed E-state index contributed by atoms with van der Waals surface area (Å²) in [5.74, 6) is -2.16. The number of rotatable bonds is 6. The van der Waals surface area contributed by atoms with E-state index in [1.54, 1.807) is 24.3 Å². The maximum atomic E-state index is 11.2. The molecule has 1 aromatic rings. The molecule has 1 aromatic carbocycles. The van der Waals surface area contributed by atoms with Crippen molar-refractivity contribution in [3.8, 4) is 5.75 Å². The summed E-state index contributed by atoms with van der Waals surface area (Å²) in [6.07, 6.45) is -0.0143. The van der Waals surface area contributed by atoms with Crippen LogP contribution in [0.1, 0.15) is 13.3 Å². The van der Waals surface area contributed by atoms with Crippen molar-refractivity contribution >= 4 is 23.7 Å². The first-order valence-electron chi connectivity index (χ1n) is 5.26. The second-order valence-electron chi connectivity index (χ2n) is 3.57. The highest BCUT2D eigenvalue weighted by atomic mass is 32.2. The Balaban J connectivity index is 3.10. The van der Waals surface area contributed by atoms with Crippen LogP contribution in [-0.2, 0) is 9.59 Å². The number of carboxylic acids is 2. The molecule has 0 saturated carbocycles. The molecule has 0 radical (unpaired) electrons. The molecule has 0 bridgehead atoms. The summed E-state index contributed by atoms with van der Waals surface area (Å²) >= 11 is 0.803. The zero-order valence-corrected chi connectivity index (χ0v) is 10.9. The molecule has 0 unspecified atom stereocenters. The van der Waals surface area contributed by atoms with Crippen LogP contribution >= 0.6 is 11.8 Å². The van der Waals surface area contributed by atoms with Crippen molar-refractivity contribution in [1.82, 2.24) is 0 Å². The minimum Gasteiger partial charge on any atom is -0.497 e. The molecule has 0 spiro atoms. The van der Waals surface area contributed by atoms with E-state index in [0.717, 1.165) is 11.8 Å². The minimum absolute atomic E-state index is 0.0143. The van der Waals surface area contributed by atoms with Crippen LogP contribution in [0.3, 0.4) is 0 Å². The van der Waals surface area contributed by atoms with Gasteiger partial charge in [0.1, 0.15) is 5.75 Å². The summed E-state index contributed by atoms with van der Waals surface area (Å²) < 4.78 is 3.15. The molecule has 0 saturated heterocycles. The zero-order valence-electron chi connectivity index (χ0n) is 10.0. The van der Waals surface area contributed by atoms with Crippen LogP contribution in [0.15, 0.2) is 29.2 Å². The predicted octanol–water partition coefficient (Wildman–Crippen LogP) is 2.11. The minimum atomic E-state index is -1.87. The van der Waals surface area contributed by atoms with Crippen molar-refractivity contribution in [2.75, 3.05) is 7.11 Å². The Morgan fingerprint density at radius 2 is 1.94 bits per heavy atom. The Labute approximate surface area is 109 Å². The number of hydrogen-bond donors (Lipinski definition) is 2. The Hall–Kier alpha value is -1.69. The molecular weight excluding hydrogens is 256 g/mol. The molecule has 18 heavy (non-hydrogen) atoms. The summed E-state index contributed by atoms with van der Waals surface area (Å²) in [6, 6.07) is 6.66. The van der Waals surface area contributed by atoms with Crippen molar-refractivity contribution < 1.29 is 24.5 Å². The highest BCUT2D eigenvalue weighted by molar-refractivity contribution is 8.02. The van der Waals surface area contributed by atoms with Gasteiger partial charge in [0.25, 0.3) is 0 Å². The van der Waals surface area contributed by atoms with Crippen LogP contribution in [-0.4, -0.2) is 34.0 Å². The van der Waals surface area contributed by atoms with Gasteiger partial charge in [-0.2, -0.15) is 0 Å². The monoisotopic (exact) mass is 270 g/mol. The molecule has 0 aliphatic rings. The summed E-state index contributed by atoms with van der Waals surface area (Å²) in [6.45, 7) is 1.54. The van der Waals surface area contributed by atoms with Crippen molar-refractivity contribution in [2.24, 2.45) is 0 Å². The van der Waals surface area contributed by atoms with E-state index in [1.807, 2.05) is 0 Å². The lowest BCUT2D eigenvalue weighted by Crippen LogP contribution is -2.42. The molecule has 2 N–H and O–H groups in total. The lowest BCUT2D eigenvalue weighted by Gasteiger charge is -2.22. The van der Waals surface area contributed by atoms with E-state index >= 15 is 0 Å². The number of thioether (sulfide) groups is 1. The fourth-order valence-corrected chi connectivity index (χ4v) is 2.46. The lowest BCUT2D eigenvalue weighted by atomic mass is 10.1. The number of carboxylic acid groups (broad SMARTS) is 2. The van der Waals surface area contributed by atoms with Gasteiger partial charge in [0, 0.05) is 4.90 Å². The van der Waals surface area contributed by atoms with Gasteiger partial charge < -0.3 is 14.9 Å². The molecule has 0 amide bonds. The Bertz CT molecular complexity index is 444. The molecule has 6 heteroatoms. The van der Waals surface area contributed by atoms with Crippen LogP contribution in [0.4, 0.5) is 0 Å². The number of hydrogen-bond acceptors (Lipinski definition) is 4. The van der Waals surface area contributed by atoms with Gasteiger partial charge in [-0.3, -0.25) is 9.59 Å². The molecule has 0 aliphatic carbocycles. The fourth-order valence-electron chi connectivity index (χ4n) is 1.42. The van der Waals surface area contributed by atoms with E-state index in [1.165, 1.54) is 14.0 Å². The van der Waals surface area contributed by atoms with Crippen molar-refractivity contribution in [3.05, 3.63) is 24.3 Å². The van der Waals surface area contributed by atoms with Gasteiger partial charge in [0.15, 0.2) is 0 Å². The lowest BCUT2D eigenvalue weighted by molar-refractivity contribution is -0.151. The van der Waals surface area contributed by atoms with Gasteiger partial charge in [-0.15, -0.1) is 0 Å². The van der Waals surface area contributed by atoms with Gasteiger partial charge in [0.2, 0.25) is 4.75 Å². The second-order valence-corrected chi connectivity index (χ2v) is 4.94. The van der Waals surface area contributed by atoms with E-state index in [9.17, 15) is 9.59 Å².